The Balaban J connectivity index is 0.000000231. The van der Waals surface area contributed by atoms with Gasteiger partial charge >= 0.3 is 0 Å². The number of rotatable bonds is 3. The van der Waals surface area contributed by atoms with E-state index in [1.165, 1.54) is 15.6 Å². The van der Waals surface area contributed by atoms with E-state index in [4.69, 9.17) is 0 Å². The largest absolute Gasteiger partial charge is 0.726 e. The van der Waals surface area contributed by atoms with Gasteiger partial charge in [0.25, 0.3) is 0 Å². The summed E-state index contributed by atoms with van der Waals surface area (Å²) in [5.74, 6) is 0.266. The third-order valence-electron chi connectivity index (χ3n) is 3.88. The van der Waals surface area contributed by atoms with Crippen molar-refractivity contribution in [3.05, 3.63) is 33.4 Å². The van der Waals surface area contributed by atoms with E-state index in [0.717, 1.165) is 25.7 Å². The fourth-order valence-electron chi connectivity index (χ4n) is 2.48. The molecule has 0 saturated heterocycles. The van der Waals surface area contributed by atoms with E-state index in [1.54, 1.807) is 0 Å². The molecule has 1 aliphatic rings. The van der Waals surface area contributed by atoms with Crippen LogP contribution < -0.4 is 0 Å². The Labute approximate surface area is 154 Å². The lowest BCUT2D eigenvalue weighted by atomic mass is 9.87. The second-order valence-electron chi connectivity index (χ2n) is 6.95. The average Bonchev–Trinajstić information content (AvgIpc) is 2.46. The Bertz CT molecular complexity index is 555. The molecule has 0 bridgehead atoms. The minimum absolute atomic E-state index is 0.0752. The van der Waals surface area contributed by atoms with E-state index in [1.807, 2.05) is 0 Å². The van der Waals surface area contributed by atoms with Gasteiger partial charge in [-0.15, -0.1) is 0 Å². The van der Waals surface area contributed by atoms with E-state index in [-0.39, 0.29) is 17.9 Å². The highest BCUT2D eigenvalue weighted by molar-refractivity contribution is 14.1. The highest BCUT2D eigenvalue weighted by atomic mass is 127. The molecule has 1 saturated carbocycles. The normalized spacial score (nSPS) is 16.6. The molecule has 0 amide bonds. The van der Waals surface area contributed by atoms with Gasteiger partial charge in [-0.2, -0.15) is 0 Å². The minimum atomic E-state index is -4.47. The van der Waals surface area contributed by atoms with Gasteiger partial charge in [0.1, 0.15) is 0 Å². The van der Waals surface area contributed by atoms with Gasteiger partial charge in [-0.25, -0.2) is 8.42 Å². The van der Waals surface area contributed by atoms with Crippen molar-refractivity contribution in [3.8, 4) is 0 Å². The highest BCUT2D eigenvalue weighted by Gasteiger charge is 2.14. The first-order valence-corrected chi connectivity index (χ1v) is 10.4. The molecule has 0 unspecified atom stereocenters. The standard InChI is InChI=1S/C10H13I.C7H14O4S/c1-10(2,3)8-4-6-9(11)7-5-8;8-12(9,10)11-6-7-4-2-1-3-5-7/h4-7H,1-3H3;7H,1-6H2,(H,8,9,10)/p-1. The molecule has 0 radical (unpaired) electrons. The molecule has 1 aliphatic carbocycles. The molecule has 23 heavy (non-hydrogen) atoms. The Morgan fingerprint density at radius 3 is 2.09 bits per heavy atom. The molecule has 6 heteroatoms. The van der Waals surface area contributed by atoms with Gasteiger partial charge in [0, 0.05) is 3.57 Å². The van der Waals surface area contributed by atoms with Gasteiger partial charge in [-0.05, 0) is 64.5 Å². The van der Waals surface area contributed by atoms with E-state index in [2.05, 4.69) is 71.8 Å². The van der Waals surface area contributed by atoms with Crippen LogP contribution in [0, 0.1) is 9.49 Å². The third kappa shape index (κ3) is 9.64. The zero-order valence-electron chi connectivity index (χ0n) is 14.0. The van der Waals surface area contributed by atoms with Crippen molar-refractivity contribution in [2.45, 2.75) is 58.3 Å². The molecule has 0 spiro atoms. The highest BCUT2D eigenvalue weighted by Crippen LogP contribution is 2.24. The molecule has 1 aromatic rings. The fraction of sp³-hybridized carbons (Fsp3) is 0.647. The third-order valence-corrected chi connectivity index (χ3v) is 5.03. The molecular formula is C17H26IO4S-. The molecule has 1 fully saturated rings. The molecule has 132 valence electrons. The van der Waals surface area contributed by atoms with Gasteiger partial charge in [0.15, 0.2) is 0 Å². The zero-order valence-corrected chi connectivity index (χ0v) is 17.0. The summed E-state index contributed by atoms with van der Waals surface area (Å²) in [4.78, 5) is 0. The quantitative estimate of drug-likeness (QED) is 0.380. The van der Waals surface area contributed by atoms with Gasteiger partial charge in [-0.3, -0.25) is 4.18 Å². The van der Waals surface area contributed by atoms with Crippen LogP contribution in [0.1, 0.15) is 58.4 Å². The first kappa shape index (κ1) is 20.9. The number of hydrogen-bond acceptors (Lipinski definition) is 4. The predicted molar refractivity (Wildman–Crippen MR) is 100 cm³/mol. The first-order valence-electron chi connectivity index (χ1n) is 7.94. The lowest BCUT2D eigenvalue weighted by Gasteiger charge is -2.21. The Morgan fingerprint density at radius 2 is 1.65 bits per heavy atom. The molecule has 1 aromatic carbocycles. The SMILES string of the molecule is CC(C)(C)c1ccc(I)cc1.O=S(=O)([O-])OCC1CCCCC1. The Kier molecular flexibility index (Phi) is 8.47. The summed E-state index contributed by atoms with van der Waals surface area (Å²) >= 11 is 2.32. The van der Waals surface area contributed by atoms with Crippen molar-refractivity contribution in [2.24, 2.45) is 5.92 Å². The predicted octanol–water partition coefficient (Wildman–Crippen LogP) is 4.63. The van der Waals surface area contributed by atoms with Crippen LogP contribution in [0.4, 0.5) is 0 Å². The maximum absolute atomic E-state index is 10.1. The lowest BCUT2D eigenvalue weighted by molar-refractivity contribution is 0.189. The molecular weight excluding hydrogens is 427 g/mol. The average molecular weight is 453 g/mol. The van der Waals surface area contributed by atoms with Gasteiger partial charge in [-0.1, -0.05) is 52.2 Å². The van der Waals surface area contributed by atoms with Crippen LogP contribution in [0.25, 0.3) is 0 Å². The molecule has 4 nitrogen and oxygen atoms in total. The summed E-state index contributed by atoms with van der Waals surface area (Å²) < 4.78 is 35.8. The van der Waals surface area contributed by atoms with E-state index in [0.29, 0.717) is 0 Å². The zero-order chi connectivity index (χ0) is 17.5. The second-order valence-corrected chi connectivity index (χ2v) is 9.25. The molecule has 0 aliphatic heterocycles. The van der Waals surface area contributed by atoms with Crippen LogP contribution in [-0.4, -0.2) is 19.6 Å². The van der Waals surface area contributed by atoms with E-state index < -0.39 is 10.4 Å². The molecule has 0 aromatic heterocycles. The number of hydrogen-bond donors (Lipinski definition) is 0. The van der Waals surface area contributed by atoms with Crippen molar-refractivity contribution < 1.29 is 17.2 Å². The van der Waals surface area contributed by atoms with Crippen LogP contribution in [0.3, 0.4) is 0 Å². The van der Waals surface area contributed by atoms with Crippen LogP contribution in [0.5, 0.6) is 0 Å². The summed E-state index contributed by atoms with van der Waals surface area (Å²) in [6, 6.07) is 8.70. The monoisotopic (exact) mass is 453 g/mol. The van der Waals surface area contributed by atoms with Crippen molar-refractivity contribution in [3.63, 3.8) is 0 Å². The maximum Gasteiger partial charge on any atom is 0.217 e. The van der Waals surface area contributed by atoms with Crippen molar-refractivity contribution in [1.29, 1.82) is 0 Å². The second kappa shape index (κ2) is 9.34. The molecule has 0 atom stereocenters. The molecule has 2 rings (SSSR count). The number of benzene rings is 1. The van der Waals surface area contributed by atoms with Crippen molar-refractivity contribution >= 4 is 33.0 Å². The van der Waals surface area contributed by atoms with Crippen LogP contribution in [0.15, 0.2) is 24.3 Å². The first-order chi connectivity index (χ1) is 10.6. The van der Waals surface area contributed by atoms with E-state index >= 15 is 0 Å². The van der Waals surface area contributed by atoms with Crippen LogP contribution >= 0.6 is 22.6 Å². The van der Waals surface area contributed by atoms with Crippen LogP contribution in [-0.2, 0) is 20.0 Å². The Morgan fingerprint density at radius 1 is 1.13 bits per heavy atom. The maximum atomic E-state index is 10.1. The summed E-state index contributed by atoms with van der Waals surface area (Å²) in [6.45, 7) is 6.77. The minimum Gasteiger partial charge on any atom is -0.726 e. The Hall–Kier alpha value is -0.180. The van der Waals surface area contributed by atoms with Gasteiger partial charge in [0.05, 0.1) is 6.61 Å². The lowest BCUT2D eigenvalue weighted by Crippen LogP contribution is -2.16. The molecule has 0 heterocycles. The van der Waals surface area contributed by atoms with Gasteiger partial charge < -0.3 is 4.55 Å². The molecule has 0 N–H and O–H groups in total. The topological polar surface area (TPSA) is 66.4 Å². The summed E-state index contributed by atoms with van der Waals surface area (Å²) in [5, 5.41) is 0. The van der Waals surface area contributed by atoms with Crippen molar-refractivity contribution in [2.75, 3.05) is 6.61 Å². The van der Waals surface area contributed by atoms with Crippen molar-refractivity contribution in [1.82, 2.24) is 0 Å². The number of halogens is 1. The summed E-state index contributed by atoms with van der Waals surface area (Å²) in [6.07, 6.45) is 5.41. The van der Waals surface area contributed by atoms with E-state index in [9.17, 15) is 13.0 Å². The smallest absolute Gasteiger partial charge is 0.217 e. The fourth-order valence-corrected chi connectivity index (χ4v) is 3.20. The summed E-state index contributed by atoms with van der Waals surface area (Å²) in [5.41, 5.74) is 1.68. The van der Waals surface area contributed by atoms with Gasteiger partial charge in [0.2, 0.25) is 10.4 Å². The van der Waals surface area contributed by atoms with Crippen LogP contribution in [0.2, 0.25) is 0 Å². The summed E-state index contributed by atoms with van der Waals surface area (Å²) in [7, 11) is -4.47.